The van der Waals surface area contributed by atoms with Gasteiger partial charge in [0.05, 0.1) is 19.8 Å². The van der Waals surface area contributed by atoms with Gasteiger partial charge in [-0.05, 0) is 39.8 Å². The van der Waals surface area contributed by atoms with Gasteiger partial charge in [-0.2, -0.15) is 0 Å². The van der Waals surface area contributed by atoms with E-state index in [9.17, 15) is 19.5 Å². The van der Waals surface area contributed by atoms with Gasteiger partial charge in [0.25, 0.3) is 0 Å². The first-order valence-corrected chi connectivity index (χ1v) is 9.63. The van der Waals surface area contributed by atoms with E-state index in [1.165, 1.54) is 6.07 Å². The fourth-order valence-electron chi connectivity index (χ4n) is 2.46. The summed E-state index contributed by atoms with van der Waals surface area (Å²) in [6, 6.07) is 3.12. The molecule has 0 radical (unpaired) electrons. The van der Waals surface area contributed by atoms with Crippen LogP contribution in [0, 0.1) is 23.0 Å². The Morgan fingerprint density at radius 1 is 1.24 bits per heavy atom. The summed E-state index contributed by atoms with van der Waals surface area (Å²) >= 11 is 0. The quantitative estimate of drug-likeness (QED) is 0.249. The summed E-state index contributed by atoms with van der Waals surface area (Å²) in [4.78, 5) is 22.8. The second-order valence-electron chi connectivity index (χ2n) is 5.14. The summed E-state index contributed by atoms with van der Waals surface area (Å²) < 4.78 is 34.4. The molecule has 0 aliphatic rings. The zero-order valence-corrected chi connectivity index (χ0v) is 15.7. The van der Waals surface area contributed by atoms with Crippen LogP contribution in [0.25, 0.3) is 0 Å². The normalized spacial score (nSPS) is 14.1. The topological polar surface area (TPSA) is 118 Å². The third-order valence-electron chi connectivity index (χ3n) is 3.33. The lowest BCUT2D eigenvalue weighted by atomic mass is 10.0. The van der Waals surface area contributed by atoms with E-state index >= 15 is 0 Å². The molecule has 0 saturated carbocycles. The van der Waals surface area contributed by atoms with E-state index in [2.05, 4.69) is 0 Å². The first-order valence-electron chi connectivity index (χ1n) is 8.02. The molecule has 0 N–H and O–H groups in total. The van der Waals surface area contributed by atoms with Crippen molar-refractivity contribution in [3.8, 4) is 0 Å². The van der Waals surface area contributed by atoms with Crippen molar-refractivity contribution in [1.82, 2.24) is 0 Å². The predicted molar refractivity (Wildman–Crippen MR) is 89.0 cm³/mol. The molecule has 0 bridgehead atoms. The van der Waals surface area contributed by atoms with Crippen LogP contribution in [-0.2, 0) is 23.1 Å². The van der Waals surface area contributed by atoms with Gasteiger partial charge < -0.3 is 18.2 Å². The van der Waals surface area contributed by atoms with E-state index in [0.717, 1.165) is 0 Å². The van der Waals surface area contributed by atoms with Crippen molar-refractivity contribution in [3.63, 3.8) is 0 Å². The largest absolute Gasteiger partial charge is 0.466 e. The number of rotatable bonds is 11. The Balaban J connectivity index is 3.46. The molecule has 1 aromatic rings. The molecule has 0 spiro atoms. The first-order chi connectivity index (χ1) is 11.8. The molecule has 142 valence electrons. The van der Waals surface area contributed by atoms with Gasteiger partial charge in [-0.25, -0.2) is 0 Å². The summed E-state index contributed by atoms with van der Waals surface area (Å²) in [6.45, 7) is 5.81. The third kappa shape index (κ3) is 5.66. The van der Waals surface area contributed by atoms with Crippen LogP contribution in [0.15, 0.2) is 16.5 Å². The Morgan fingerprint density at radius 2 is 1.84 bits per heavy atom. The smallest absolute Gasteiger partial charge is 0.342 e. The Hall–Kier alpha value is -1.70. The fourth-order valence-corrected chi connectivity index (χ4v) is 4.68. The molecular formula is C15H24NO8P. The van der Waals surface area contributed by atoms with Crippen molar-refractivity contribution in [1.29, 1.82) is 0 Å². The zero-order chi connectivity index (χ0) is 19.0. The summed E-state index contributed by atoms with van der Waals surface area (Å²) in [7, 11) is -3.93. The Kier molecular flexibility index (Phi) is 8.28. The van der Waals surface area contributed by atoms with E-state index in [0.29, 0.717) is 5.76 Å². The molecule has 1 rings (SSSR count). The number of nitrogens with zero attached hydrogens (tertiary/aromatic N) is 1. The molecule has 2 unspecified atom stereocenters. The molecule has 9 nitrogen and oxygen atoms in total. The van der Waals surface area contributed by atoms with Crippen LogP contribution in [0.2, 0.25) is 0 Å². The van der Waals surface area contributed by atoms with Crippen molar-refractivity contribution in [2.75, 3.05) is 26.4 Å². The van der Waals surface area contributed by atoms with Gasteiger partial charge in [0.1, 0.15) is 23.1 Å². The van der Waals surface area contributed by atoms with Gasteiger partial charge in [-0.15, -0.1) is 0 Å². The number of hydrogen-bond acceptors (Lipinski definition) is 8. The van der Waals surface area contributed by atoms with Crippen molar-refractivity contribution < 1.29 is 32.5 Å². The molecule has 0 saturated heterocycles. The third-order valence-corrected chi connectivity index (χ3v) is 5.86. The van der Waals surface area contributed by atoms with Crippen LogP contribution >= 0.6 is 7.60 Å². The monoisotopic (exact) mass is 377 g/mol. The van der Waals surface area contributed by atoms with Gasteiger partial charge in [0, 0.05) is 4.92 Å². The van der Waals surface area contributed by atoms with Gasteiger partial charge in [0.15, 0.2) is 0 Å². The zero-order valence-electron chi connectivity index (χ0n) is 14.8. The van der Waals surface area contributed by atoms with E-state index in [4.69, 9.17) is 18.2 Å². The van der Waals surface area contributed by atoms with Crippen molar-refractivity contribution in [2.45, 2.75) is 33.4 Å². The summed E-state index contributed by atoms with van der Waals surface area (Å²) in [5.74, 6) is -1.59. The number of ether oxygens (including phenoxy) is 1. The minimum atomic E-state index is -3.93. The molecule has 25 heavy (non-hydrogen) atoms. The summed E-state index contributed by atoms with van der Waals surface area (Å²) in [6.07, 6.45) is 0. The second kappa shape index (κ2) is 9.70. The lowest BCUT2D eigenvalue weighted by molar-refractivity contribution is -0.486. The van der Waals surface area contributed by atoms with Crippen molar-refractivity contribution >= 4 is 13.6 Å². The highest BCUT2D eigenvalue weighted by Gasteiger charge is 2.50. The van der Waals surface area contributed by atoms with E-state index in [1.807, 2.05) is 0 Å². The number of hydrogen-bond donors (Lipinski definition) is 0. The van der Waals surface area contributed by atoms with Crippen molar-refractivity contribution in [3.05, 3.63) is 33.8 Å². The molecule has 0 amide bonds. The molecule has 1 aromatic heterocycles. The predicted octanol–water partition coefficient (Wildman–Crippen LogP) is 3.35. The standard InChI is InChI=1S/C15H24NO8P/c1-5-21-15(17)12(10-16(18)19)14(13-9-8-11(4)24-13)25(20,22-6-2)23-7-3/h8-9,12,14H,5-7,10H2,1-4H3. The molecule has 0 aromatic carbocycles. The average molecular weight is 377 g/mol. The summed E-state index contributed by atoms with van der Waals surface area (Å²) in [5.41, 5.74) is -1.27. The van der Waals surface area contributed by atoms with Crippen molar-refractivity contribution in [2.24, 2.45) is 5.92 Å². The van der Waals surface area contributed by atoms with Crippen LogP contribution in [0.5, 0.6) is 0 Å². The lowest BCUT2D eigenvalue weighted by Crippen LogP contribution is -2.31. The average Bonchev–Trinajstić information content (AvgIpc) is 2.92. The van der Waals surface area contributed by atoms with Crippen LogP contribution in [-0.4, -0.2) is 37.3 Å². The highest BCUT2D eigenvalue weighted by atomic mass is 31.2. The van der Waals surface area contributed by atoms with Crippen LogP contribution < -0.4 is 0 Å². The number of esters is 1. The highest BCUT2D eigenvalue weighted by Crippen LogP contribution is 2.64. The highest BCUT2D eigenvalue weighted by molar-refractivity contribution is 7.54. The Bertz CT molecular complexity index is 619. The Labute approximate surface area is 146 Å². The van der Waals surface area contributed by atoms with Crippen LogP contribution in [0.3, 0.4) is 0 Å². The first kappa shape index (κ1) is 21.3. The van der Waals surface area contributed by atoms with Gasteiger partial charge in [-0.1, -0.05) is 0 Å². The molecule has 2 atom stereocenters. The van der Waals surface area contributed by atoms with E-state index < -0.39 is 36.6 Å². The van der Waals surface area contributed by atoms with Gasteiger partial charge in [0.2, 0.25) is 6.54 Å². The maximum atomic E-state index is 13.3. The molecular weight excluding hydrogens is 353 g/mol. The van der Waals surface area contributed by atoms with Gasteiger partial charge in [-0.3, -0.25) is 19.5 Å². The molecule has 1 heterocycles. The van der Waals surface area contributed by atoms with E-state index in [1.54, 1.807) is 33.8 Å². The number of carbonyl (C=O) groups excluding carboxylic acids is 1. The molecule has 10 heteroatoms. The number of carbonyl (C=O) groups is 1. The minimum Gasteiger partial charge on any atom is -0.466 e. The Morgan fingerprint density at radius 3 is 2.24 bits per heavy atom. The van der Waals surface area contributed by atoms with Crippen LogP contribution in [0.1, 0.15) is 38.0 Å². The lowest BCUT2D eigenvalue weighted by Gasteiger charge is -2.28. The SMILES string of the molecule is CCOC(=O)C(C[N+](=O)[O-])C(c1ccc(C)o1)P(=O)(OCC)OCC. The van der Waals surface area contributed by atoms with Crippen LogP contribution in [0.4, 0.5) is 0 Å². The molecule has 0 aliphatic heterocycles. The maximum Gasteiger partial charge on any atom is 0.342 e. The molecule has 0 aliphatic carbocycles. The number of nitro groups is 1. The maximum absolute atomic E-state index is 13.3. The number of furan rings is 1. The number of aryl methyl sites for hydroxylation is 1. The minimum absolute atomic E-state index is 0.0323. The molecule has 0 fully saturated rings. The van der Waals surface area contributed by atoms with Gasteiger partial charge >= 0.3 is 13.6 Å². The fraction of sp³-hybridized carbons (Fsp3) is 0.667. The summed E-state index contributed by atoms with van der Waals surface area (Å²) in [5, 5.41) is 11.1. The second-order valence-corrected chi connectivity index (χ2v) is 7.29. The van der Waals surface area contributed by atoms with E-state index in [-0.39, 0.29) is 25.6 Å².